The van der Waals surface area contributed by atoms with Crippen LogP contribution in [0.3, 0.4) is 0 Å². The largest absolute Gasteiger partial charge is 0.350 e. The lowest BCUT2D eigenvalue weighted by molar-refractivity contribution is -0.384. The molecule has 100 valence electrons. The molecule has 0 bridgehead atoms. The zero-order valence-corrected chi connectivity index (χ0v) is 11.0. The molecular weight excluding hydrogens is 256 g/mol. The number of rotatable bonds is 3. The Balaban J connectivity index is 0.00000162. The molecular formula is C11H17ClN4O2. The van der Waals surface area contributed by atoms with Crippen LogP contribution >= 0.6 is 12.4 Å². The van der Waals surface area contributed by atoms with Crippen molar-refractivity contribution in [3.05, 3.63) is 28.4 Å². The Hall–Kier alpha value is -1.40. The third-order valence-corrected chi connectivity index (χ3v) is 3.12. The summed E-state index contributed by atoms with van der Waals surface area (Å²) in [5.74, 6) is 0.450. The second-order valence-corrected chi connectivity index (χ2v) is 4.21. The maximum absolute atomic E-state index is 10.9. The number of likely N-dealkylation sites (N-methyl/N-ethyl adjacent to an activating group) is 1. The summed E-state index contributed by atoms with van der Waals surface area (Å²) in [6.45, 7) is 1.87. The van der Waals surface area contributed by atoms with Crippen molar-refractivity contribution in [2.45, 2.75) is 18.9 Å². The van der Waals surface area contributed by atoms with Gasteiger partial charge in [-0.1, -0.05) is 0 Å². The smallest absolute Gasteiger partial charge is 0.311 e. The number of nitro groups is 1. The van der Waals surface area contributed by atoms with E-state index in [1.54, 1.807) is 12.3 Å². The third-order valence-electron chi connectivity index (χ3n) is 3.12. The van der Waals surface area contributed by atoms with Gasteiger partial charge in [0.15, 0.2) is 0 Å². The van der Waals surface area contributed by atoms with E-state index < -0.39 is 0 Å². The van der Waals surface area contributed by atoms with Crippen molar-refractivity contribution in [2.75, 3.05) is 25.0 Å². The zero-order valence-electron chi connectivity index (χ0n) is 10.2. The molecule has 7 heteroatoms. The van der Waals surface area contributed by atoms with E-state index in [4.69, 9.17) is 0 Å². The molecule has 18 heavy (non-hydrogen) atoms. The molecule has 1 unspecified atom stereocenters. The predicted molar refractivity (Wildman–Crippen MR) is 72.4 cm³/mol. The Morgan fingerprint density at radius 1 is 1.61 bits per heavy atom. The van der Waals surface area contributed by atoms with E-state index in [2.05, 4.69) is 10.3 Å². The number of nitrogens with zero attached hydrogens (tertiary/aromatic N) is 3. The summed E-state index contributed by atoms with van der Waals surface area (Å²) in [5, 5.41) is 14.2. The number of anilines is 1. The topological polar surface area (TPSA) is 71.3 Å². The van der Waals surface area contributed by atoms with E-state index in [1.165, 1.54) is 6.07 Å². The minimum Gasteiger partial charge on any atom is -0.350 e. The number of halogens is 1. The van der Waals surface area contributed by atoms with Gasteiger partial charge in [0, 0.05) is 31.9 Å². The van der Waals surface area contributed by atoms with E-state index in [0.717, 1.165) is 25.9 Å². The van der Waals surface area contributed by atoms with Gasteiger partial charge >= 0.3 is 5.69 Å². The fourth-order valence-electron chi connectivity index (χ4n) is 2.14. The maximum atomic E-state index is 10.9. The van der Waals surface area contributed by atoms with Crippen LogP contribution in [-0.2, 0) is 0 Å². The minimum atomic E-state index is -0.380. The van der Waals surface area contributed by atoms with Crippen molar-refractivity contribution >= 4 is 23.9 Å². The predicted octanol–water partition coefficient (Wildman–Crippen LogP) is 1.60. The molecule has 0 saturated carbocycles. The molecule has 0 radical (unpaired) electrons. The van der Waals surface area contributed by atoms with Crippen LogP contribution in [-0.4, -0.2) is 36.1 Å². The summed E-state index contributed by atoms with van der Waals surface area (Å²) in [5.41, 5.74) is 0.0700. The zero-order chi connectivity index (χ0) is 12.3. The van der Waals surface area contributed by atoms with Gasteiger partial charge in [-0.15, -0.1) is 12.4 Å². The fourth-order valence-corrected chi connectivity index (χ4v) is 2.14. The van der Waals surface area contributed by atoms with Crippen molar-refractivity contribution in [1.29, 1.82) is 0 Å². The van der Waals surface area contributed by atoms with Gasteiger partial charge in [-0.2, -0.15) is 0 Å². The SMILES string of the molecule is CN(c1ncccc1[N+](=O)[O-])C1CCCNC1.Cl. The van der Waals surface area contributed by atoms with Gasteiger partial charge in [-0.05, 0) is 25.5 Å². The van der Waals surface area contributed by atoms with Crippen LogP contribution in [0.5, 0.6) is 0 Å². The number of hydrogen-bond donors (Lipinski definition) is 1. The Morgan fingerprint density at radius 3 is 3.00 bits per heavy atom. The molecule has 2 rings (SSSR count). The van der Waals surface area contributed by atoms with Crippen LogP contribution in [0, 0.1) is 10.1 Å². The summed E-state index contributed by atoms with van der Waals surface area (Å²) in [4.78, 5) is 16.6. The molecule has 1 N–H and O–H groups in total. The molecule has 1 aliphatic rings. The lowest BCUT2D eigenvalue weighted by Gasteiger charge is -2.32. The average molecular weight is 273 g/mol. The highest BCUT2D eigenvalue weighted by molar-refractivity contribution is 5.85. The Bertz CT molecular complexity index is 410. The lowest BCUT2D eigenvalue weighted by Crippen LogP contribution is -2.44. The standard InChI is InChI=1S/C11H16N4O2.ClH/c1-14(9-4-2-6-12-8-9)11-10(15(16)17)5-3-7-13-11;/h3,5,7,9,12H,2,4,6,8H2,1H3;1H. The fraction of sp³-hybridized carbons (Fsp3) is 0.545. The number of hydrogen-bond acceptors (Lipinski definition) is 5. The van der Waals surface area contributed by atoms with Crippen LogP contribution in [0.4, 0.5) is 11.5 Å². The number of aromatic nitrogens is 1. The van der Waals surface area contributed by atoms with Gasteiger partial charge in [0.05, 0.1) is 4.92 Å². The number of nitrogens with one attached hydrogen (secondary N) is 1. The minimum absolute atomic E-state index is 0. The normalized spacial score (nSPS) is 18.8. The van der Waals surface area contributed by atoms with Gasteiger partial charge in [0.25, 0.3) is 0 Å². The molecule has 0 aliphatic carbocycles. The van der Waals surface area contributed by atoms with Crippen molar-refractivity contribution in [3.63, 3.8) is 0 Å². The molecule has 1 saturated heterocycles. The molecule has 2 heterocycles. The monoisotopic (exact) mass is 272 g/mol. The highest BCUT2D eigenvalue weighted by atomic mass is 35.5. The summed E-state index contributed by atoms with van der Waals surface area (Å²) in [6, 6.07) is 3.36. The molecule has 1 atom stereocenters. The average Bonchev–Trinajstić information content (AvgIpc) is 2.39. The molecule has 0 spiro atoms. The Labute approximate surface area is 112 Å². The first-order chi connectivity index (χ1) is 8.20. The van der Waals surface area contributed by atoms with E-state index in [1.807, 2.05) is 11.9 Å². The first-order valence-electron chi connectivity index (χ1n) is 5.73. The van der Waals surface area contributed by atoms with Crippen LogP contribution in [0.25, 0.3) is 0 Å². The lowest BCUT2D eigenvalue weighted by atomic mass is 10.1. The summed E-state index contributed by atoms with van der Waals surface area (Å²) < 4.78 is 0. The van der Waals surface area contributed by atoms with Gasteiger partial charge in [0.2, 0.25) is 5.82 Å². The van der Waals surface area contributed by atoms with Crippen LogP contribution in [0.15, 0.2) is 18.3 Å². The van der Waals surface area contributed by atoms with Crippen molar-refractivity contribution in [2.24, 2.45) is 0 Å². The van der Waals surface area contributed by atoms with Gasteiger partial charge in [-0.25, -0.2) is 4.98 Å². The second kappa shape index (κ2) is 6.51. The maximum Gasteiger partial charge on any atom is 0.311 e. The summed E-state index contributed by atoms with van der Waals surface area (Å²) >= 11 is 0. The second-order valence-electron chi connectivity index (χ2n) is 4.21. The highest BCUT2D eigenvalue weighted by Gasteiger charge is 2.24. The van der Waals surface area contributed by atoms with Crippen LogP contribution in [0.1, 0.15) is 12.8 Å². The molecule has 0 aromatic carbocycles. The van der Waals surface area contributed by atoms with Gasteiger partial charge in [0.1, 0.15) is 0 Å². The molecule has 6 nitrogen and oxygen atoms in total. The summed E-state index contributed by atoms with van der Waals surface area (Å²) in [7, 11) is 1.87. The van der Waals surface area contributed by atoms with Gasteiger partial charge < -0.3 is 10.2 Å². The van der Waals surface area contributed by atoms with Gasteiger partial charge in [-0.3, -0.25) is 10.1 Å². The quantitative estimate of drug-likeness (QED) is 0.668. The molecule has 1 aromatic heterocycles. The first kappa shape index (κ1) is 14.7. The van der Waals surface area contributed by atoms with Crippen molar-refractivity contribution in [1.82, 2.24) is 10.3 Å². The van der Waals surface area contributed by atoms with E-state index in [-0.39, 0.29) is 29.1 Å². The van der Waals surface area contributed by atoms with E-state index in [0.29, 0.717) is 5.82 Å². The Kier molecular flexibility index (Phi) is 5.30. The molecule has 1 aliphatic heterocycles. The molecule has 0 amide bonds. The third kappa shape index (κ3) is 3.08. The van der Waals surface area contributed by atoms with Crippen LogP contribution in [0.2, 0.25) is 0 Å². The number of piperidine rings is 1. The van der Waals surface area contributed by atoms with Crippen molar-refractivity contribution in [3.8, 4) is 0 Å². The van der Waals surface area contributed by atoms with E-state index in [9.17, 15) is 10.1 Å². The molecule has 1 aromatic rings. The van der Waals surface area contributed by atoms with Crippen molar-refractivity contribution < 1.29 is 4.92 Å². The first-order valence-corrected chi connectivity index (χ1v) is 5.73. The Morgan fingerprint density at radius 2 is 2.39 bits per heavy atom. The summed E-state index contributed by atoms with van der Waals surface area (Å²) in [6.07, 6.45) is 3.72. The number of pyridine rings is 1. The molecule has 1 fully saturated rings. The van der Waals surface area contributed by atoms with Crippen LogP contribution < -0.4 is 10.2 Å². The highest BCUT2D eigenvalue weighted by Crippen LogP contribution is 2.26. The van der Waals surface area contributed by atoms with E-state index >= 15 is 0 Å².